The summed E-state index contributed by atoms with van der Waals surface area (Å²) in [5.41, 5.74) is 8.08. The van der Waals surface area contributed by atoms with Gasteiger partial charge >= 0.3 is 0 Å². The first kappa shape index (κ1) is 14.5. The molecule has 3 aromatic rings. The average Bonchev–Trinajstić information content (AvgIpc) is 2.85. The highest BCUT2D eigenvalue weighted by molar-refractivity contribution is 5.91. The van der Waals surface area contributed by atoms with E-state index < -0.39 is 0 Å². The first-order valence-electron chi connectivity index (χ1n) is 8.12. The van der Waals surface area contributed by atoms with Gasteiger partial charge in [0.05, 0.1) is 11.6 Å². The monoisotopic (exact) mass is 310 g/mol. The van der Waals surface area contributed by atoms with Crippen LogP contribution in [-0.4, -0.2) is 0 Å². The minimum absolute atomic E-state index is 0.00822. The van der Waals surface area contributed by atoms with Gasteiger partial charge in [0.1, 0.15) is 0 Å². The fraction of sp³-hybridized carbons (Fsp3) is 0.136. The molecular formula is C22H18N2. The zero-order chi connectivity index (χ0) is 16.7. The van der Waals surface area contributed by atoms with E-state index in [1.807, 2.05) is 24.3 Å². The Morgan fingerprint density at radius 1 is 0.833 bits per heavy atom. The Hall–Kier alpha value is -3.05. The molecular weight excluding hydrogens is 292 g/mol. The molecule has 24 heavy (non-hydrogen) atoms. The van der Waals surface area contributed by atoms with Crippen LogP contribution < -0.4 is 5.32 Å². The molecule has 2 heteroatoms. The molecule has 0 fully saturated rings. The summed E-state index contributed by atoms with van der Waals surface area (Å²) in [6.45, 7) is 4.56. The van der Waals surface area contributed by atoms with Crippen LogP contribution in [0.2, 0.25) is 0 Å². The van der Waals surface area contributed by atoms with Gasteiger partial charge in [-0.05, 0) is 47.0 Å². The van der Waals surface area contributed by atoms with Gasteiger partial charge in [0, 0.05) is 22.4 Å². The second-order valence-electron chi connectivity index (χ2n) is 6.71. The Morgan fingerprint density at radius 3 is 2.29 bits per heavy atom. The quantitative estimate of drug-likeness (QED) is 0.668. The van der Waals surface area contributed by atoms with Crippen molar-refractivity contribution < 1.29 is 0 Å². The first-order chi connectivity index (χ1) is 11.6. The molecule has 0 amide bonds. The van der Waals surface area contributed by atoms with Gasteiger partial charge in [0.15, 0.2) is 0 Å². The van der Waals surface area contributed by atoms with E-state index in [0.717, 1.165) is 11.4 Å². The number of nitrogens with one attached hydrogen (secondary N) is 1. The predicted octanol–water partition coefficient (Wildman–Crippen LogP) is 5.61. The molecule has 4 rings (SSSR count). The number of fused-ring (bicyclic) bond motifs is 3. The van der Waals surface area contributed by atoms with Crippen LogP contribution in [0.4, 0.5) is 11.4 Å². The third-order valence-corrected chi connectivity index (χ3v) is 4.90. The number of hydrogen-bond acceptors (Lipinski definition) is 2. The molecule has 116 valence electrons. The highest BCUT2D eigenvalue weighted by atomic mass is 14.9. The zero-order valence-corrected chi connectivity index (χ0v) is 13.8. The van der Waals surface area contributed by atoms with Crippen LogP contribution in [0.15, 0.2) is 66.7 Å². The van der Waals surface area contributed by atoms with Crippen molar-refractivity contribution in [3.05, 3.63) is 83.4 Å². The number of rotatable bonds is 2. The van der Waals surface area contributed by atoms with Crippen molar-refractivity contribution in [2.45, 2.75) is 19.3 Å². The van der Waals surface area contributed by atoms with Gasteiger partial charge in [-0.1, -0.05) is 50.2 Å². The standard InChI is InChI=1S/C22H18N2/c1-22(2)18-7-4-3-6-17(18)21-19(22)8-5-9-20(21)24-16-12-10-15(14-23)11-13-16/h3-13,24H,1-2H3. The van der Waals surface area contributed by atoms with Crippen LogP contribution >= 0.6 is 0 Å². The maximum Gasteiger partial charge on any atom is 0.0991 e. The van der Waals surface area contributed by atoms with Crippen LogP contribution in [-0.2, 0) is 5.41 Å². The Kier molecular flexibility index (Phi) is 3.18. The number of benzene rings is 3. The van der Waals surface area contributed by atoms with Gasteiger partial charge < -0.3 is 5.32 Å². The molecule has 0 spiro atoms. The number of nitriles is 1. The number of nitrogens with zero attached hydrogens (tertiary/aromatic N) is 1. The lowest BCUT2D eigenvalue weighted by molar-refractivity contribution is 0.660. The Bertz CT molecular complexity index is 960. The van der Waals surface area contributed by atoms with Gasteiger partial charge in [-0.2, -0.15) is 5.26 Å². The molecule has 2 nitrogen and oxygen atoms in total. The van der Waals surface area contributed by atoms with Crippen LogP contribution in [0, 0.1) is 11.3 Å². The molecule has 0 aliphatic heterocycles. The lowest BCUT2D eigenvalue weighted by atomic mass is 9.82. The van der Waals surface area contributed by atoms with Crippen molar-refractivity contribution in [1.29, 1.82) is 5.26 Å². The smallest absolute Gasteiger partial charge is 0.0991 e. The van der Waals surface area contributed by atoms with E-state index in [2.05, 4.69) is 67.7 Å². The van der Waals surface area contributed by atoms with Crippen LogP contribution in [0.5, 0.6) is 0 Å². The largest absolute Gasteiger partial charge is 0.355 e. The van der Waals surface area contributed by atoms with Crippen LogP contribution in [0.25, 0.3) is 11.1 Å². The van der Waals surface area contributed by atoms with E-state index >= 15 is 0 Å². The molecule has 0 heterocycles. The third kappa shape index (κ3) is 2.10. The second-order valence-corrected chi connectivity index (χ2v) is 6.71. The molecule has 1 N–H and O–H groups in total. The zero-order valence-electron chi connectivity index (χ0n) is 13.8. The third-order valence-electron chi connectivity index (χ3n) is 4.90. The highest BCUT2D eigenvalue weighted by Crippen LogP contribution is 2.51. The molecule has 0 bridgehead atoms. The van der Waals surface area contributed by atoms with Crippen LogP contribution in [0.1, 0.15) is 30.5 Å². The number of anilines is 2. The molecule has 0 aromatic heterocycles. The van der Waals surface area contributed by atoms with Crippen molar-refractivity contribution in [3.8, 4) is 17.2 Å². The Morgan fingerprint density at radius 2 is 1.54 bits per heavy atom. The normalized spacial score (nSPS) is 13.7. The molecule has 0 saturated heterocycles. The molecule has 3 aromatic carbocycles. The Labute approximate surface area is 142 Å². The minimum Gasteiger partial charge on any atom is -0.355 e. The van der Waals surface area contributed by atoms with Crippen molar-refractivity contribution in [3.63, 3.8) is 0 Å². The molecule has 1 aliphatic rings. The van der Waals surface area contributed by atoms with Gasteiger partial charge in [-0.25, -0.2) is 0 Å². The first-order valence-corrected chi connectivity index (χ1v) is 8.12. The summed E-state index contributed by atoms with van der Waals surface area (Å²) in [5.74, 6) is 0. The molecule has 0 atom stereocenters. The summed E-state index contributed by atoms with van der Waals surface area (Å²) in [7, 11) is 0. The summed E-state index contributed by atoms with van der Waals surface area (Å²) in [4.78, 5) is 0. The van der Waals surface area contributed by atoms with Gasteiger partial charge in [0.2, 0.25) is 0 Å². The van der Waals surface area contributed by atoms with Gasteiger partial charge in [-0.15, -0.1) is 0 Å². The summed E-state index contributed by atoms with van der Waals surface area (Å²) >= 11 is 0. The number of hydrogen-bond donors (Lipinski definition) is 1. The Balaban J connectivity index is 1.83. The lowest BCUT2D eigenvalue weighted by Crippen LogP contribution is -2.14. The topological polar surface area (TPSA) is 35.8 Å². The van der Waals surface area contributed by atoms with Crippen molar-refractivity contribution in [2.75, 3.05) is 5.32 Å². The predicted molar refractivity (Wildman–Crippen MR) is 98.4 cm³/mol. The van der Waals surface area contributed by atoms with Crippen molar-refractivity contribution in [1.82, 2.24) is 0 Å². The SMILES string of the molecule is CC1(C)c2ccccc2-c2c(Nc3ccc(C#N)cc3)cccc21. The fourth-order valence-electron chi connectivity index (χ4n) is 3.64. The van der Waals surface area contributed by atoms with E-state index in [0.29, 0.717) is 5.56 Å². The fourth-order valence-corrected chi connectivity index (χ4v) is 3.64. The molecule has 0 radical (unpaired) electrons. The lowest BCUT2D eigenvalue weighted by Gasteiger charge is -2.21. The minimum atomic E-state index is 0.00822. The summed E-state index contributed by atoms with van der Waals surface area (Å²) in [6, 6.07) is 24.8. The average molecular weight is 310 g/mol. The highest BCUT2D eigenvalue weighted by Gasteiger charge is 2.36. The van der Waals surface area contributed by atoms with E-state index in [1.54, 1.807) is 0 Å². The molecule has 0 unspecified atom stereocenters. The summed E-state index contributed by atoms with van der Waals surface area (Å²) in [6.07, 6.45) is 0. The van der Waals surface area contributed by atoms with Crippen molar-refractivity contribution >= 4 is 11.4 Å². The summed E-state index contributed by atoms with van der Waals surface area (Å²) < 4.78 is 0. The van der Waals surface area contributed by atoms with Crippen molar-refractivity contribution in [2.24, 2.45) is 0 Å². The molecule has 0 saturated carbocycles. The van der Waals surface area contributed by atoms with E-state index in [1.165, 1.54) is 22.3 Å². The second kappa shape index (κ2) is 5.25. The maximum absolute atomic E-state index is 8.94. The van der Waals surface area contributed by atoms with E-state index in [4.69, 9.17) is 5.26 Å². The van der Waals surface area contributed by atoms with Gasteiger partial charge in [0.25, 0.3) is 0 Å². The van der Waals surface area contributed by atoms with E-state index in [-0.39, 0.29) is 5.41 Å². The molecule has 1 aliphatic carbocycles. The maximum atomic E-state index is 8.94. The summed E-state index contributed by atoms with van der Waals surface area (Å²) in [5, 5.41) is 12.5. The van der Waals surface area contributed by atoms with Gasteiger partial charge in [-0.3, -0.25) is 0 Å². The van der Waals surface area contributed by atoms with E-state index in [9.17, 15) is 0 Å². The van der Waals surface area contributed by atoms with Crippen LogP contribution in [0.3, 0.4) is 0 Å².